The number of likely N-dealkylation sites (tertiary alicyclic amines) is 1. The molecule has 0 spiro atoms. The van der Waals surface area contributed by atoms with Gasteiger partial charge >= 0.3 is 0 Å². The molecule has 6 heteroatoms. The molecule has 0 unspecified atom stereocenters. The van der Waals surface area contributed by atoms with Crippen molar-refractivity contribution in [1.29, 1.82) is 0 Å². The molecule has 2 rings (SSSR count). The van der Waals surface area contributed by atoms with Crippen LogP contribution in [0.5, 0.6) is 0 Å². The molecular formula is C17H23N3O2S. The van der Waals surface area contributed by atoms with Crippen molar-refractivity contribution in [1.82, 2.24) is 10.2 Å². The first-order valence-electron chi connectivity index (χ1n) is 7.99. The fraction of sp³-hybridized carbons (Fsp3) is 0.471. The Labute approximate surface area is 142 Å². The topological polar surface area (TPSA) is 61.4 Å². The van der Waals surface area contributed by atoms with Crippen LogP contribution in [0.1, 0.15) is 43.5 Å². The number of carbonyl (C=O) groups is 2. The Morgan fingerprint density at radius 3 is 2.65 bits per heavy atom. The van der Waals surface area contributed by atoms with Crippen LogP contribution in [-0.4, -0.2) is 34.9 Å². The highest BCUT2D eigenvalue weighted by molar-refractivity contribution is 7.80. The molecule has 0 saturated carbocycles. The summed E-state index contributed by atoms with van der Waals surface area (Å²) >= 11 is 5.09. The van der Waals surface area contributed by atoms with E-state index in [0.29, 0.717) is 23.6 Å². The summed E-state index contributed by atoms with van der Waals surface area (Å²) in [4.78, 5) is 25.8. The molecule has 1 saturated heterocycles. The molecule has 0 bridgehead atoms. The zero-order valence-corrected chi connectivity index (χ0v) is 14.4. The van der Waals surface area contributed by atoms with Gasteiger partial charge in [-0.1, -0.05) is 19.9 Å². The third-order valence-electron chi connectivity index (χ3n) is 4.01. The minimum absolute atomic E-state index is 0.0454. The van der Waals surface area contributed by atoms with E-state index in [0.717, 1.165) is 25.9 Å². The van der Waals surface area contributed by atoms with E-state index in [1.165, 1.54) is 0 Å². The van der Waals surface area contributed by atoms with Crippen molar-refractivity contribution in [2.24, 2.45) is 5.92 Å². The van der Waals surface area contributed by atoms with Gasteiger partial charge in [-0.15, -0.1) is 0 Å². The van der Waals surface area contributed by atoms with Crippen LogP contribution in [0.25, 0.3) is 0 Å². The van der Waals surface area contributed by atoms with Gasteiger partial charge in [-0.25, -0.2) is 0 Å². The molecule has 1 aliphatic heterocycles. The lowest BCUT2D eigenvalue weighted by molar-refractivity contribution is -0.119. The van der Waals surface area contributed by atoms with Crippen LogP contribution in [0.2, 0.25) is 0 Å². The van der Waals surface area contributed by atoms with Crippen molar-refractivity contribution >= 4 is 34.8 Å². The van der Waals surface area contributed by atoms with Crippen LogP contribution in [0.15, 0.2) is 24.3 Å². The molecule has 1 aliphatic rings. The second-order valence-corrected chi connectivity index (χ2v) is 6.32. The zero-order chi connectivity index (χ0) is 16.8. The monoisotopic (exact) mass is 333 g/mol. The van der Waals surface area contributed by atoms with Crippen molar-refractivity contribution in [2.75, 3.05) is 18.4 Å². The van der Waals surface area contributed by atoms with Gasteiger partial charge in [-0.3, -0.25) is 9.59 Å². The minimum atomic E-state index is -0.142. The summed E-state index contributed by atoms with van der Waals surface area (Å²) in [6, 6.07) is 7.20. The molecule has 0 aromatic heterocycles. The number of hydrogen-bond donors (Lipinski definition) is 2. The largest absolute Gasteiger partial charge is 0.339 e. The van der Waals surface area contributed by atoms with Crippen molar-refractivity contribution in [3.8, 4) is 0 Å². The Balaban J connectivity index is 2.00. The summed E-state index contributed by atoms with van der Waals surface area (Å²) in [6.45, 7) is 5.60. The van der Waals surface area contributed by atoms with Crippen molar-refractivity contribution in [3.05, 3.63) is 29.8 Å². The first-order valence-corrected chi connectivity index (χ1v) is 8.40. The molecular weight excluding hydrogens is 310 g/mol. The fourth-order valence-corrected chi connectivity index (χ4v) is 2.73. The number of nitrogens with one attached hydrogen (secondary N) is 2. The summed E-state index contributed by atoms with van der Waals surface area (Å²) in [5.74, 6) is 0.591. The van der Waals surface area contributed by atoms with Crippen molar-refractivity contribution < 1.29 is 9.59 Å². The second-order valence-electron chi connectivity index (χ2n) is 5.91. The fourth-order valence-electron chi connectivity index (χ4n) is 2.50. The number of hydrogen-bond acceptors (Lipinski definition) is 3. The maximum atomic E-state index is 12.6. The summed E-state index contributed by atoms with van der Waals surface area (Å²) in [5, 5.41) is 5.77. The Morgan fingerprint density at radius 2 is 2.00 bits per heavy atom. The molecule has 124 valence electrons. The SMILES string of the molecule is CCC(=O)NC(=S)Nc1cccc(C(=O)N2CCC(C)CC2)c1. The number of benzene rings is 1. The lowest BCUT2D eigenvalue weighted by Gasteiger charge is -2.30. The maximum Gasteiger partial charge on any atom is 0.253 e. The average Bonchev–Trinajstić information content (AvgIpc) is 2.55. The zero-order valence-electron chi connectivity index (χ0n) is 13.6. The van der Waals surface area contributed by atoms with Crippen LogP contribution in [0.4, 0.5) is 5.69 Å². The van der Waals surface area contributed by atoms with Crippen LogP contribution >= 0.6 is 12.2 Å². The van der Waals surface area contributed by atoms with Crippen LogP contribution in [0.3, 0.4) is 0 Å². The van der Waals surface area contributed by atoms with E-state index in [-0.39, 0.29) is 16.9 Å². The highest BCUT2D eigenvalue weighted by Gasteiger charge is 2.21. The quantitative estimate of drug-likeness (QED) is 0.835. The molecule has 1 aromatic rings. The molecule has 23 heavy (non-hydrogen) atoms. The standard InChI is InChI=1S/C17H23N3O2S/c1-3-15(21)19-17(23)18-14-6-4-5-13(11-14)16(22)20-9-7-12(2)8-10-20/h4-6,11-12H,3,7-10H2,1-2H3,(H2,18,19,21,23). The van der Waals surface area contributed by atoms with Gasteiger partial charge in [0.25, 0.3) is 5.91 Å². The number of rotatable bonds is 3. The summed E-state index contributed by atoms with van der Waals surface area (Å²) in [7, 11) is 0. The van der Waals surface area contributed by atoms with E-state index in [1.807, 2.05) is 17.0 Å². The van der Waals surface area contributed by atoms with E-state index >= 15 is 0 Å². The Morgan fingerprint density at radius 1 is 1.30 bits per heavy atom. The Kier molecular flexibility index (Phi) is 6.10. The van der Waals surface area contributed by atoms with Crippen LogP contribution in [-0.2, 0) is 4.79 Å². The predicted octanol–water partition coefficient (Wildman–Crippen LogP) is 2.78. The molecule has 2 amide bonds. The van der Waals surface area contributed by atoms with Gasteiger partial charge < -0.3 is 15.5 Å². The van der Waals surface area contributed by atoms with Gasteiger partial charge in [0.2, 0.25) is 5.91 Å². The maximum absolute atomic E-state index is 12.6. The normalized spacial score (nSPS) is 15.1. The number of carbonyl (C=O) groups excluding carboxylic acids is 2. The van der Waals surface area contributed by atoms with E-state index in [1.54, 1.807) is 19.1 Å². The summed E-state index contributed by atoms with van der Waals surface area (Å²) in [5.41, 5.74) is 1.33. The van der Waals surface area contributed by atoms with E-state index in [9.17, 15) is 9.59 Å². The number of piperidine rings is 1. The molecule has 1 heterocycles. The highest BCUT2D eigenvalue weighted by Crippen LogP contribution is 2.19. The second kappa shape index (κ2) is 8.06. The van der Waals surface area contributed by atoms with Gasteiger partial charge in [0.1, 0.15) is 0 Å². The predicted molar refractivity (Wildman–Crippen MR) is 95.4 cm³/mol. The van der Waals surface area contributed by atoms with Crippen LogP contribution < -0.4 is 10.6 Å². The van der Waals surface area contributed by atoms with Crippen molar-refractivity contribution in [2.45, 2.75) is 33.1 Å². The molecule has 0 atom stereocenters. The summed E-state index contributed by atoms with van der Waals surface area (Å²) in [6.07, 6.45) is 2.47. The molecule has 0 aliphatic carbocycles. The third-order valence-corrected chi connectivity index (χ3v) is 4.22. The van der Waals surface area contributed by atoms with E-state index in [4.69, 9.17) is 12.2 Å². The Hall–Kier alpha value is -1.95. The highest BCUT2D eigenvalue weighted by atomic mass is 32.1. The van der Waals surface area contributed by atoms with E-state index in [2.05, 4.69) is 17.6 Å². The van der Waals surface area contributed by atoms with E-state index < -0.39 is 0 Å². The van der Waals surface area contributed by atoms with Gasteiger partial charge in [0.05, 0.1) is 0 Å². The molecule has 1 aromatic carbocycles. The number of anilines is 1. The van der Waals surface area contributed by atoms with Gasteiger partial charge in [-0.05, 0) is 49.2 Å². The van der Waals surface area contributed by atoms with Gasteiger partial charge in [-0.2, -0.15) is 0 Å². The molecule has 5 nitrogen and oxygen atoms in total. The lowest BCUT2D eigenvalue weighted by atomic mass is 9.98. The van der Waals surface area contributed by atoms with Crippen LogP contribution in [0, 0.1) is 5.92 Å². The molecule has 0 radical (unpaired) electrons. The summed E-state index contributed by atoms with van der Waals surface area (Å²) < 4.78 is 0. The smallest absolute Gasteiger partial charge is 0.253 e. The minimum Gasteiger partial charge on any atom is -0.339 e. The molecule has 2 N–H and O–H groups in total. The Bertz CT molecular complexity index is 595. The van der Waals surface area contributed by atoms with Gasteiger partial charge in [0.15, 0.2) is 5.11 Å². The number of nitrogens with zero attached hydrogens (tertiary/aromatic N) is 1. The first-order chi connectivity index (χ1) is 11.0. The molecule has 1 fully saturated rings. The third kappa shape index (κ3) is 5.03. The first kappa shape index (κ1) is 17.4. The van der Waals surface area contributed by atoms with Crippen molar-refractivity contribution in [3.63, 3.8) is 0 Å². The van der Waals surface area contributed by atoms with Gasteiger partial charge in [0, 0.05) is 30.8 Å². The number of amides is 2. The lowest BCUT2D eigenvalue weighted by Crippen LogP contribution is -2.38. The number of thiocarbonyl (C=S) groups is 1. The average molecular weight is 333 g/mol.